The predicted molar refractivity (Wildman–Crippen MR) is 82.7 cm³/mol. The molecule has 1 aromatic heterocycles. The number of halogens is 3. The van der Waals surface area contributed by atoms with E-state index in [4.69, 9.17) is 0 Å². The van der Waals surface area contributed by atoms with E-state index in [1.165, 1.54) is 19.2 Å². The number of alkyl halides is 3. The van der Waals surface area contributed by atoms with Crippen LogP contribution in [0.4, 0.5) is 18.9 Å². The van der Waals surface area contributed by atoms with Crippen molar-refractivity contribution in [2.45, 2.75) is 20.2 Å². The van der Waals surface area contributed by atoms with E-state index in [0.717, 1.165) is 12.1 Å². The Morgan fingerprint density at radius 3 is 2.48 bits per heavy atom. The second kappa shape index (κ2) is 6.88. The highest BCUT2D eigenvalue weighted by molar-refractivity contribution is 6.06. The van der Waals surface area contributed by atoms with Gasteiger partial charge in [-0.2, -0.15) is 0 Å². The lowest BCUT2D eigenvalue weighted by Gasteiger charge is -2.10. The van der Waals surface area contributed by atoms with Gasteiger partial charge in [-0.3, -0.25) is 4.79 Å². The number of esters is 1. The largest absolute Gasteiger partial charge is 0.573 e. The molecule has 1 aromatic carbocycles. The number of anilines is 1. The van der Waals surface area contributed by atoms with Crippen LogP contribution in [0.25, 0.3) is 0 Å². The Labute approximate surface area is 140 Å². The number of ether oxygens (including phenoxy) is 2. The fourth-order valence-electron chi connectivity index (χ4n) is 2.35. The van der Waals surface area contributed by atoms with Gasteiger partial charge < -0.3 is 19.8 Å². The summed E-state index contributed by atoms with van der Waals surface area (Å²) in [7, 11) is 1.22. The minimum absolute atomic E-state index is 0.109. The van der Waals surface area contributed by atoms with Gasteiger partial charge in [-0.25, -0.2) is 4.79 Å². The first-order chi connectivity index (χ1) is 11.6. The number of H-pyrrole nitrogens is 1. The molecule has 6 nitrogen and oxygen atoms in total. The van der Waals surface area contributed by atoms with Crippen molar-refractivity contribution in [1.29, 1.82) is 0 Å². The van der Waals surface area contributed by atoms with Crippen LogP contribution in [0.15, 0.2) is 24.3 Å². The zero-order chi connectivity index (χ0) is 18.8. The van der Waals surface area contributed by atoms with Gasteiger partial charge >= 0.3 is 12.3 Å². The summed E-state index contributed by atoms with van der Waals surface area (Å²) < 4.78 is 45.2. The summed E-state index contributed by atoms with van der Waals surface area (Å²) in [5.74, 6) is -1.66. The fourth-order valence-corrected chi connectivity index (χ4v) is 2.35. The van der Waals surface area contributed by atoms with E-state index < -0.39 is 24.0 Å². The van der Waals surface area contributed by atoms with E-state index in [2.05, 4.69) is 19.8 Å². The summed E-state index contributed by atoms with van der Waals surface area (Å²) >= 11 is 0. The van der Waals surface area contributed by atoms with E-state index in [0.29, 0.717) is 11.3 Å². The average Bonchev–Trinajstić information content (AvgIpc) is 2.80. The Bertz CT molecular complexity index is 812. The van der Waals surface area contributed by atoms with Crippen LogP contribution in [-0.4, -0.2) is 30.3 Å². The molecule has 25 heavy (non-hydrogen) atoms. The van der Waals surface area contributed by atoms with Crippen LogP contribution in [0.2, 0.25) is 0 Å². The second-order valence-corrected chi connectivity index (χ2v) is 5.15. The molecule has 0 saturated carbocycles. The molecule has 0 aliphatic heterocycles. The normalized spacial score (nSPS) is 11.1. The Morgan fingerprint density at radius 2 is 1.88 bits per heavy atom. The van der Waals surface area contributed by atoms with Gasteiger partial charge in [0.2, 0.25) is 0 Å². The molecule has 2 N–H and O–H groups in total. The molecule has 2 rings (SSSR count). The van der Waals surface area contributed by atoms with Crippen molar-refractivity contribution < 1.29 is 32.2 Å². The number of benzene rings is 1. The van der Waals surface area contributed by atoms with Crippen molar-refractivity contribution in [3.63, 3.8) is 0 Å². The highest BCUT2D eigenvalue weighted by atomic mass is 19.4. The van der Waals surface area contributed by atoms with Crippen LogP contribution < -0.4 is 10.1 Å². The highest BCUT2D eigenvalue weighted by Crippen LogP contribution is 2.26. The monoisotopic (exact) mass is 356 g/mol. The number of carbonyl (C=O) groups excluding carboxylic acids is 2. The van der Waals surface area contributed by atoms with Crippen molar-refractivity contribution in [1.82, 2.24) is 4.98 Å². The molecule has 0 aliphatic rings. The molecule has 0 bridgehead atoms. The summed E-state index contributed by atoms with van der Waals surface area (Å²) in [5.41, 5.74) is 1.29. The number of aromatic nitrogens is 1. The number of rotatable bonds is 4. The number of carbonyl (C=O) groups is 2. The minimum atomic E-state index is -4.83. The van der Waals surface area contributed by atoms with Crippen LogP contribution in [0, 0.1) is 13.8 Å². The zero-order valence-corrected chi connectivity index (χ0v) is 13.6. The molecule has 0 aliphatic carbocycles. The van der Waals surface area contributed by atoms with Crippen molar-refractivity contribution in [2.75, 3.05) is 12.4 Å². The van der Waals surface area contributed by atoms with E-state index in [9.17, 15) is 22.8 Å². The minimum Gasteiger partial charge on any atom is -0.465 e. The first kappa shape index (κ1) is 18.4. The van der Waals surface area contributed by atoms with Gasteiger partial charge in [0, 0.05) is 17.4 Å². The SMILES string of the molecule is COC(=O)c1c(C)[nH]c(C(=O)Nc2cccc(OC(F)(F)F)c2)c1C. The Kier molecular flexibility index (Phi) is 5.05. The van der Waals surface area contributed by atoms with Crippen LogP contribution in [0.5, 0.6) is 5.75 Å². The number of hydrogen-bond acceptors (Lipinski definition) is 4. The van der Waals surface area contributed by atoms with Gasteiger partial charge in [-0.05, 0) is 31.5 Å². The zero-order valence-electron chi connectivity index (χ0n) is 13.6. The van der Waals surface area contributed by atoms with Crippen LogP contribution in [0.3, 0.4) is 0 Å². The van der Waals surface area contributed by atoms with Crippen LogP contribution in [0.1, 0.15) is 32.1 Å². The first-order valence-corrected chi connectivity index (χ1v) is 7.07. The van der Waals surface area contributed by atoms with Crippen LogP contribution in [-0.2, 0) is 4.74 Å². The van der Waals surface area contributed by atoms with Crippen molar-refractivity contribution in [2.24, 2.45) is 0 Å². The van der Waals surface area contributed by atoms with Gasteiger partial charge in [0.25, 0.3) is 5.91 Å². The third-order valence-corrected chi connectivity index (χ3v) is 3.38. The third kappa shape index (κ3) is 4.31. The summed E-state index contributed by atoms with van der Waals surface area (Å²) in [6, 6.07) is 4.87. The molecule has 0 atom stereocenters. The van der Waals surface area contributed by atoms with Gasteiger partial charge in [-0.1, -0.05) is 6.07 Å². The van der Waals surface area contributed by atoms with Crippen molar-refractivity contribution >= 4 is 17.6 Å². The number of amides is 1. The fraction of sp³-hybridized carbons (Fsp3) is 0.250. The Balaban J connectivity index is 2.23. The summed E-state index contributed by atoms with van der Waals surface area (Å²) in [5, 5.41) is 2.45. The van der Waals surface area contributed by atoms with Crippen molar-refractivity contribution in [3.05, 3.63) is 46.8 Å². The standard InChI is InChI=1S/C16H15F3N2O4/c1-8-12(15(23)24-3)9(2)20-13(8)14(22)21-10-5-4-6-11(7-10)25-16(17,18)19/h4-7,20H,1-3H3,(H,21,22). The van der Waals surface area contributed by atoms with Crippen molar-refractivity contribution in [3.8, 4) is 5.75 Å². The highest BCUT2D eigenvalue weighted by Gasteiger charge is 2.31. The maximum Gasteiger partial charge on any atom is 0.573 e. The molecule has 0 fully saturated rings. The molecular weight excluding hydrogens is 341 g/mol. The van der Waals surface area contributed by atoms with Gasteiger partial charge in [0.05, 0.1) is 12.7 Å². The molecule has 134 valence electrons. The van der Waals surface area contributed by atoms with Gasteiger partial charge in [0.15, 0.2) is 0 Å². The smallest absolute Gasteiger partial charge is 0.465 e. The maximum absolute atomic E-state index is 12.4. The molecule has 9 heteroatoms. The molecule has 0 unspecified atom stereocenters. The van der Waals surface area contributed by atoms with Gasteiger partial charge in [-0.15, -0.1) is 13.2 Å². The molecule has 0 saturated heterocycles. The Morgan fingerprint density at radius 1 is 1.20 bits per heavy atom. The lowest BCUT2D eigenvalue weighted by Crippen LogP contribution is -2.18. The molecule has 1 amide bonds. The van der Waals surface area contributed by atoms with E-state index >= 15 is 0 Å². The number of nitrogens with one attached hydrogen (secondary N) is 2. The van der Waals surface area contributed by atoms with E-state index in [1.54, 1.807) is 13.8 Å². The quantitative estimate of drug-likeness (QED) is 0.821. The maximum atomic E-state index is 12.4. The second-order valence-electron chi connectivity index (χ2n) is 5.15. The number of hydrogen-bond donors (Lipinski definition) is 2. The molecule has 0 spiro atoms. The topological polar surface area (TPSA) is 80.4 Å². The number of aryl methyl sites for hydroxylation is 1. The lowest BCUT2D eigenvalue weighted by molar-refractivity contribution is -0.274. The molecule has 0 radical (unpaired) electrons. The molecule has 2 aromatic rings. The summed E-state index contributed by atoms with van der Waals surface area (Å²) in [6.07, 6.45) is -4.83. The van der Waals surface area contributed by atoms with Gasteiger partial charge in [0.1, 0.15) is 11.4 Å². The van der Waals surface area contributed by atoms with Crippen LogP contribution >= 0.6 is 0 Å². The summed E-state index contributed by atoms with van der Waals surface area (Å²) in [4.78, 5) is 26.9. The lowest BCUT2D eigenvalue weighted by atomic mass is 10.1. The molecular formula is C16H15F3N2O4. The average molecular weight is 356 g/mol. The predicted octanol–water partition coefficient (Wildman–Crippen LogP) is 3.57. The van der Waals surface area contributed by atoms with E-state index in [1.807, 2.05) is 0 Å². The third-order valence-electron chi connectivity index (χ3n) is 3.38. The Hall–Kier alpha value is -2.97. The number of aromatic amines is 1. The molecule has 1 heterocycles. The number of methoxy groups -OCH3 is 1. The summed E-state index contributed by atoms with van der Waals surface area (Å²) in [6.45, 7) is 3.17. The first-order valence-electron chi connectivity index (χ1n) is 7.07. The van der Waals surface area contributed by atoms with E-state index in [-0.39, 0.29) is 16.9 Å².